The summed E-state index contributed by atoms with van der Waals surface area (Å²) >= 11 is 1.57. The molecule has 0 saturated carbocycles. The highest BCUT2D eigenvalue weighted by atomic mass is 32.2. The summed E-state index contributed by atoms with van der Waals surface area (Å²) in [5, 5.41) is 9.82. The molecule has 0 spiro atoms. The van der Waals surface area contributed by atoms with Gasteiger partial charge in [-0.3, -0.25) is 4.57 Å². The molecule has 31 heavy (non-hydrogen) atoms. The maximum atomic E-state index is 5.96. The second-order valence-electron chi connectivity index (χ2n) is 7.33. The first-order valence-corrected chi connectivity index (χ1v) is 11.2. The van der Waals surface area contributed by atoms with Crippen LogP contribution in [0.5, 0.6) is 0 Å². The van der Waals surface area contributed by atoms with E-state index in [0.717, 1.165) is 41.2 Å². The van der Waals surface area contributed by atoms with E-state index in [4.69, 9.17) is 9.15 Å². The predicted molar refractivity (Wildman–Crippen MR) is 121 cm³/mol. The third-order valence-corrected chi connectivity index (χ3v) is 6.05. The summed E-state index contributed by atoms with van der Waals surface area (Å²) in [7, 11) is 0. The van der Waals surface area contributed by atoms with Crippen molar-refractivity contribution in [1.29, 1.82) is 0 Å². The van der Waals surface area contributed by atoms with Crippen LogP contribution in [0.15, 0.2) is 70.4 Å². The number of thioether (sulfide) groups is 1. The molecule has 7 nitrogen and oxygen atoms in total. The number of morpholine rings is 1. The quantitative estimate of drug-likeness (QED) is 0.419. The standard InChI is InChI=1S/C23H23N5O2S/c1-17-7-9-19(10-8-17)28-22(27-11-13-29-14-12-27)25-26-23(28)31-16-21-24-15-20(30-21)18-5-3-2-4-6-18/h2-10,15H,11-14,16H2,1H3. The summed E-state index contributed by atoms with van der Waals surface area (Å²) in [6.07, 6.45) is 1.77. The van der Waals surface area contributed by atoms with Crippen LogP contribution in [0, 0.1) is 6.92 Å². The van der Waals surface area contributed by atoms with Crippen LogP contribution < -0.4 is 4.90 Å². The Morgan fingerprint density at radius 2 is 1.74 bits per heavy atom. The molecule has 5 rings (SSSR count). The predicted octanol–water partition coefficient (Wildman–Crippen LogP) is 4.36. The summed E-state index contributed by atoms with van der Waals surface area (Å²) in [5.74, 6) is 2.84. The number of ether oxygens (including phenoxy) is 1. The van der Waals surface area contributed by atoms with E-state index in [9.17, 15) is 0 Å². The zero-order valence-electron chi connectivity index (χ0n) is 17.3. The first-order chi connectivity index (χ1) is 15.3. The van der Waals surface area contributed by atoms with Crippen LogP contribution in [-0.4, -0.2) is 46.1 Å². The third kappa shape index (κ3) is 4.35. The van der Waals surface area contributed by atoms with Crippen LogP contribution in [0.4, 0.5) is 5.95 Å². The van der Waals surface area contributed by atoms with E-state index in [0.29, 0.717) is 24.9 Å². The van der Waals surface area contributed by atoms with Gasteiger partial charge in [-0.05, 0) is 19.1 Å². The normalized spacial score (nSPS) is 14.2. The SMILES string of the molecule is Cc1ccc(-n2c(SCc3ncc(-c4ccccc4)o3)nnc2N2CCOCC2)cc1. The zero-order valence-corrected chi connectivity index (χ0v) is 18.1. The van der Waals surface area contributed by atoms with Crippen molar-refractivity contribution in [2.24, 2.45) is 0 Å². The highest BCUT2D eigenvalue weighted by molar-refractivity contribution is 7.98. The number of benzene rings is 2. The molecular formula is C23H23N5O2S. The molecule has 0 atom stereocenters. The Hall–Kier alpha value is -3.10. The smallest absolute Gasteiger partial charge is 0.232 e. The number of hydrogen-bond donors (Lipinski definition) is 0. The lowest BCUT2D eigenvalue weighted by Gasteiger charge is -2.27. The van der Waals surface area contributed by atoms with Crippen LogP contribution in [-0.2, 0) is 10.5 Å². The molecule has 0 aliphatic carbocycles. The fraction of sp³-hybridized carbons (Fsp3) is 0.261. The molecule has 3 heterocycles. The minimum atomic E-state index is 0.569. The Labute approximate surface area is 185 Å². The van der Waals surface area contributed by atoms with Gasteiger partial charge in [0.15, 0.2) is 10.9 Å². The summed E-state index contributed by atoms with van der Waals surface area (Å²) in [4.78, 5) is 6.67. The Bertz CT molecular complexity index is 1130. The molecule has 0 bridgehead atoms. The third-order valence-electron chi connectivity index (χ3n) is 5.14. The van der Waals surface area contributed by atoms with E-state index in [2.05, 4.69) is 55.8 Å². The van der Waals surface area contributed by atoms with Gasteiger partial charge in [0, 0.05) is 18.7 Å². The number of hydrogen-bond acceptors (Lipinski definition) is 7. The van der Waals surface area contributed by atoms with Crippen LogP contribution >= 0.6 is 11.8 Å². The van der Waals surface area contributed by atoms with Crippen LogP contribution in [0.25, 0.3) is 17.0 Å². The lowest BCUT2D eigenvalue weighted by atomic mass is 10.2. The highest BCUT2D eigenvalue weighted by Crippen LogP contribution is 2.30. The number of rotatable bonds is 6. The summed E-state index contributed by atoms with van der Waals surface area (Å²) < 4.78 is 13.6. The van der Waals surface area contributed by atoms with Crippen LogP contribution in [0.3, 0.4) is 0 Å². The van der Waals surface area contributed by atoms with Crippen molar-refractivity contribution < 1.29 is 9.15 Å². The van der Waals surface area contributed by atoms with Gasteiger partial charge >= 0.3 is 0 Å². The topological polar surface area (TPSA) is 69.2 Å². The van der Waals surface area contributed by atoms with E-state index >= 15 is 0 Å². The molecule has 1 saturated heterocycles. The average Bonchev–Trinajstić information content (AvgIpc) is 3.47. The second kappa shape index (κ2) is 8.95. The second-order valence-corrected chi connectivity index (χ2v) is 8.27. The summed E-state index contributed by atoms with van der Waals surface area (Å²) in [6.45, 7) is 5.08. The molecule has 0 amide bonds. The van der Waals surface area contributed by atoms with E-state index in [-0.39, 0.29) is 0 Å². The largest absolute Gasteiger partial charge is 0.440 e. The number of oxazole rings is 1. The van der Waals surface area contributed by atoms with Crippen LogP contribution in [0.1, 0.15) is 11.5 Å². The Morgan fingerprint density at radius 1 is 0.968 bits per heavy atom. The Balaban J connectivity index is 1.40. The van der Waals surface area contributed by atoms with Gasteiger partial charge in [-0.15, -0.1) is 10.2 Å². The monoisotopic (exact) mass is 433 g/mol. The number of anilines is 1. The number of aryl methyl sites for hydroxylation is 1. The molecule has 4 aromatic rings. The van der Waals surface area contributed by atoms with Gasteiger partial charge in [-0.1, -0.05) is 59.8 Å². The molecule has 2 aromatic heterocycles. The first kappa shape index (κ1) is 19.8. The summed E-state index contributed by atoms with van der Waals surface area (Å²) in [6, 6.07) is 18.4. The lowest BCUT2D eigenvalue weighted by Crippen LogP contribution is -2.37. The van der Waals surface area contributed by atoms with Crippen molar-refractivity contribution in [3.05, 3.63) is 72.2 Å². The minimum Gasteiger partial charge on any atom is -0.440 e. The van der Waals surface area contributed by atoms with Gasteiger partial charge in [0.05, 0.1) is 30.9 Å². The molecule has 0 N–H and O–H groups in total. The average molecular weight is 434 g/mol. The zero-order chi connectivity index (χ0) is 21.0. The van der Waals surface area contributed by atoms with E-state index in [1.807, 2.05) is 30.3 Å². The van der Waals surface area contributed by atoms with E-state index < -0.39 is 0 Å². The van der Waals surface area contributed by atoms with Gasteiger partial charge in [0.2, 0.25) is 11.8 Å². The maximum Gasteiger partial charge on any atom is 0.232 e. The molecule has 0 radical (unpaired) electrons. The molecule has 2 aromatic carbocycles. The molecule has 1 fully saturated rings. The van der Waals surface area contributed by atoms with Crippen molar-refractivity contribution in [2.45, 2.75) is 17.8 Å². The van der Waals surface area contributed by atoms with Gasteiger partial charge in [0.1, 0.15) is 0 Å². The van der Waals surface area contributed by atoms with Gasteiger partial charge < -0.3 is 14.1 Å². The molecule has 8 heteroatoms. The molecule has 0 unspecified atom stereocenters. The van der Waals surface area contributed by atoms with Crippen molar-refractivity contribution in [3.63, 3.8) is 0 Å². The van der Waals surface area contributed by atoms with Crippen molar-refractivity contribution in [1.82, 2.24) is 19.7 Å². The van der Waals surface area contributed by atoms with Crippen LogP contribution in [0.2, 0.25) is 0 Å². The van der Waals surface area contributed by atoms with Crippen molar-refractivity contribution in [2.75, 3.05) is 31.2 Å². The summed E-state index contributed by atoms with van der Waals surface area (Å²) in [5.41, 5.74) is 3.27. The fourth-order valence-electron chi connectivity index (χ4n) is 3.48. The Morgan fingerprint density at radius 3 is 2.52 bits per heavy atom. The van der Waals surface area contributed by atoms with E-state index in [1.165, 1.54) is 5.56 Å². The molecule has 158 valence electrons. The van der Waals surface area contributed by atoms with E-state index in [1.54, 1.807) is 18.0 Å². The van der Waals surface area contributed by atoms with Gasteiger partial charge in [0.25, 0.3) is 0 Å². The minimum absolute atomic E-state index is 0.569. The Kier molecular flexibility index (Phi) is 5.73. The fourth-order valence-corrected chi connectivity index (χ4v) is 4.28. The van der Waals surface area contributed by atoms with Crippen molar-refractivity contribution in [3.8, 4) is 17.0 Å². The maximum absolute atomic E-state index is 5.96. The number of nitrogens with zero attached hydrogens (tertiary/aromatic N) is 5. The lowest BCUT2D eigenvalue weighted by molar-refractivity contribution is 0.122. The first-order valence-electron chi connectivity index (χ1n) is 10.3. The molecule has 1 aliphatic heterocycles. The molecule has 1 aliphatic rings. The number of aromatic nitrogens is 4. The van der Waals surface area contributed by atoms with Gasteiger partial charge in [-0.25, -0.2) is 4.98 Å². The van der Waals surface area contributed by atoms with Gasteiger partial charge in [-0.2, -0.15) is 0 Å². The highest BCUT2D eigenvalue weighted by Gasteiger charge is 2.22. The van der Waals surface area contributed by atoms with Crippen molar-refractivity contribution >= 4 is 17.7 Å². The molecular weight excluding hydrogens is 410 g/mol.